The molecule has 20 heavy (non-hydrogen) atoms. The molecule has 0 amide bonds. The van der Waals surface area contributed by atoms with Gasteiger partial charge in [0.15, 0.2) is 0 Å². The summed E-state index contributed by atoms with van der Waals surface area (Å²) in [4.78, 5) is 2.31. The van der Waals surface area contributed by atoms with Gasteiger partial charge in [-0.25, -0.2) is 0 Å². The van der Waals surface area contributed by atoms with E-state index >= 15 is 0 Å². The van der Waals surface area contributed by atoms with Crippen LogP contribution in [0.15, 0.2) is 18.2 Å². The molecule has 2 rings (SSSR count). The maximum Gasteiger partial charge on any atom is 0.123 e. The molecule has 1 aliphatic rings. The first kappa shape index (κ1) is 14.9. The van der Waals surface area contributed by atoms with Gasteiger partial charge in [0.2, 0.25) is 0 Å². The van der Waals surface area contributed by atoms with E-state index in [1.165, 1.54) is 0 Å². The second kappa shape index (κ2) is 7.30. The molecule has 1 aromatic rings. The Morgan fingerprint density at radius 2 is 2.35 bits per heavy atom. The van der Waals surface area contributed by atoms with Crippen LogP contribution in [0.4, 0.5) is 0 Å². The van der Waals surface area contributed by atoms with E-state index in [0.717, 1.165) is 43.1 Å². The Morgan fingerprint density at radius 1 is 1.50 bits per heavy atom. The Morgan fingerprint density at radius 3 is 3.00 bits per heavy atom. The third kappa shape index (κ3) is 3.73. The largest absolute Gasteiger partial charge is 0.496 e. The van der Waals surface area contributed by atoms with Crippen molar-refractivity contribution in [2.75, 3.05) is 33.9 Å². The summed E-state index contributed by atoms with van der Waals surface area (Å²) in [6.07, 6.45) is 1.09. The molecule has 1 atom stereocenters. The summed E-state index contributed by atoms with van der Waals surface area (Å²) in [5, 5.41) is 0. The molecule has 1 aromatic carbocycles. The van der Waals surface area contributed by atoms with Crippen LogP contribution in [-0.2, 0) is 11.3 Å². The molecular formula is C16H22N2O2. The first-order valence-electron chi connectivity index (χ1n) is 6.88. The van der Waals surface area contributed by atoms with Gasteiger partial charge in [-0.05, 0) is 31.7 Å². The number of nitrogens with two attached hydrogens (primary N) is 1. The molecule has 1 saturated heterocycles. The van der Waals surface area contributed by atoms with Gasteiger partial charge in [0.25, 0.3) is 0 Å². The van der Waals surface area contributed by atoms with E-state index in [9.17, 15) is 0 Å². The first-order chi connectivity index (χ1) is 9.74. The fourth-order valence-electron chi connectivity index (χ4n) is 2.40. The Balaban J connectivity index is 2.14. The molecule has 4 nitrogen and oxygen atoms in total. The summed E-state index contributed by atoms with van der Waals surface area (Å²) in [6, 6.07) is 6.49. The summed E-state index contributed by atoms with van der Waals surface area (Å²) < 4.78 is 10.9. The Labute approximate surface area is 120 Å². The van der Waals surface area contributed by atoms with Gasteiger partial charge in [-0.2, -0.15) is 0 Å². The minimum atomic E-state index is 0.376. The van der Waals surface area contributed by atoms with Gasteiger partial charge in [-0.1, -0.05) is 11.8 Å². The van der Waals surface area contributed by atoms with Crippen LogP contribution in [0.3, 0.4) is 0 Å². The topological polar surface area (TPSA) is 47.7 Å². The predicted molar refractivity (Wildman–Crippen MR) is 79.6 cm³/mol. The minimum Gasteiger partial charge on any atom is -0.496 e. The highest BCUT2D eigenvalue weighted by atomic mass is 16.5. The number of methoxy groups -OCH3 is 1. The van der Waals surface area contributed by atoms with Crippen molar-refractivity contribution in [3.63, 3.8) is 0 Å². The molecule has 0 aromatic heterocycles. The highest BCUT2D eigenvalue weighted by Crippen LogP contribution is 2.23. The monoisotopic (exact) mass is 274 g/mol. The smallest absolute Gasteiger partial charge is 0.123 e. The molecule has 0 radical (unpaired) electrons. The standard InChI is InChI=1S/C16H22N2O2/c1-18(15-7-9-20-12-15)11-14-10-13(4-3-8-17)5-6-16(14)19-2/h5-6,10,15H,7-9,11-12,17H2,1-2H3. The minimum absolute atomic E-state index is 0.376. The zero-order valence-electron chi connectivity index (χ0n) is 12.2. The van der Waals surface area contributed by atoms with E-state index in [4.69, 9.17) is 15.2 Å². The number of hydrogen-bond acceptors (Lipinski definition) is 4. The lowest BCUT2D eigenvalue weighted by molar-refractivity contribution is 0.156. The SMILES string of the molecule is COc1ccc(C#CCN)cc1CN(C)C1CCOC1. The number of likely N-dealkylation sites (N-methyl/N-ethyl adjacent to an activating group) is 1. The summed E-state index contributed by atoms with van der Waals surface area (Å²) in [7, 11) is 3.82. The van der Waals surface area contributed by atoms with Crippen molar-refractivity contribution in [2.24, 2.45) is 5.73 Å². The lowest BCUT2D eigenvalue weighted by Gasteiger charge is -2.23. The van der Waals surface area contributed by atoms with Crippen LogP contribution in [0.2, 0.25) is 0 Å². The third-order valence-electron chi connectivity index (χ3n) is 3.56. The van der Waals surface area contributed by atoms with Gasteiger partial charge in [0, 0.05) is 30.3 Å². The lowest BCUT2D eigenvalue weighted by atomic mass is 10.1. The van der Waals surface area contributed by atoms with E-state index in [2.05, 4.69) is 29.9 Å². The summed E-state index contributed by atoms with van der Waals surface area (Å²) in [5.41, 5.74) is 7.53. The maximum absolute atomic E-state index is 5.44. The number of benzene rings is 1. The Kier molecular flexibility index (Phi) is 5.42. The van der Waals surface area contributed by atoms with E-state index in [-0.39, 0.29) is 0 Å². The van der Waals surface area contributed by atoms with Crippen molar-refractivity contribution >= 4 is 0 Å². The van der Waals surface area contributed by atoms with E-state index in [1.54, 1.807) is 7.11 Å². The molecule has 4 heteroatoms. The number of ether oxygens (including phenoxy) is 2. The third-order valence-corrected chi connectivity index (χ3v) is 3.56. The highest BCUT2D eigenvalue weighted by molar-refractivity contribution is 5.44. The molecule has 0 saturated carbocycles. The van der Waals surface area contributed by atoms with Gasteiger partial charge >= 0.3 is 0 Å². The molecule has 0 spiro atoms. The van der Waals surface area contributed by atoms with Gasteiger partial charge in [0.1, 0.15) is 5.75 Å². The fourth-order valence-corrected chi connectivity index (χ4v) is 2.40. The summed E-state index contributed by atoms with van der Waals surface area (Å²) in [5.74, 6) is 6.84. The second-order valence-electron chi connectivity index (χ2n) is 4.97. The van der Waals surface area contributed by atoms with Crippen molar-refractivity contribution in [1.82, 2.24) is 4.90 Å². The lowest BCUT2D eigenvalue weighted by Crippen LogP contribution is -2.31. The zero-order valence-corrected chi connectivity index (χ0v) is 12.2. The Bertz CT molecular complexity index is 499. The Hall–Kier alpha value is -1.54. The van der Waals surface area contributed by atoms with Crippen molar-refractivity contribution in [2.45, 2.75) is 19.0 Å². The highest BCUT2D eigenvalue weighted by Gasteiger charge is 2.21. The quantitative estimate of drug-likeness (QED) is 0.839. The van der Waals surface area contributed by atoms with Crippen LogP contribution >= 0.6 is 0 Å². The van der Waals surface area contributed by atoms with Crippen LogP contribution in [-0.4, -0.2) is 44.9 Å². The number of hydrogen-bond donors (Lipinski definition) is 1. The average molecular weight is 274 g/mol. The van der Waals surface area contributed by atoms with E-state index < -0.39 is 0 Å². The second-order valence-corrected chi connectivity index (χ2v) is 4.97. The van der Waals surface area contributed by atoms with Crippen LogP contribution in [0.1, 0.15) is 17.5 Å². The van der Waals surface area contributed by atoms with Crippen molar-refractivity contribution in [3.05, 3.63) is 29.3 Å². The normalized spacial score (nSPS) is 17.9. The summed E-state index contributed by atoms with van der Waals surface area (Å²) >= 11 is 0. The van der Waals surface area contributed by atoms with E-state index in [1.807, 2.05) is 12.1 Å². The van der Waals surface area contributed by atoms with Crippen molar-refractivity contribution in [3.8, 4) is 17.6 Å². The van der Waals surface area contributed by atoms with Gasteiger partial charge < -0.3 is 15.2 Å². The van der Waals surface area contributed by atoms with E-state index in [0.29, 0.717) is 12.6 Å². The van der Waals surface area contributed by atoms with Crippen LogP contribution < -0.4 is 10.5 Å². The zero-order chi connectivity index (χ0) is 14.4. The summed E-state index contributed by atoms with van der Waals surface area (Å²) in [6.45, 7) is 2.87. The molecule has 1 aliphatic heterocycles. The number of rotatable bonds is 4. The molecule has 1 unspecified atom stereocenters. The molecule has 0 aliphatic carbocycles. The molecule has 0 bridgehead atoms. The molecule has 1 heterocycles. The molecular weight excluding hydrogens is 252 g/mol. The molecule has 108 valence electrons. The van der Waals surface area contributed by atoms with Gasteiger partial charge in [-0.3, -0.25) is 4.90 Å². The number of nitrogens with zero attached hydrogens (tertiary/aromatic N) is 1. The average Bonchev–Trinajstić information content (AvgIpc) is 2.99. The first-order valence-corrected chi connectivity index (χ1v) is 6.88. The van der Waals surface area contributed by atoms with Crippen LogP contribution in [0, 0.1) is 11.8 Å². The van der Waals surface area contributed by atoms with Gasteiger partial charge in [0.05, 0.1) is 20.3 Å². The van der Waals surface area contributed by atoms with Crippen LogP contribution in [0.5, 0.6) is 5.75 Å². The van der Waals surface area contributed by atoms with Crippen molar-refractivity contribution in [1.29, 1.82) is 0 Å². The predicted octanol–water partition coefficient (Wildman–Crippen LogP) is 1.23. The van der Waals surface area contributed by atoms with Crippen molar-refractivity contribution < 1.29 is 9.47 Å². The fraction of sp³-hybridized carbons (Fsp3) is 0.500. The van der Waals surface area contributed by atoms with Crippen LogP contribution in [0.25, 0.3) is 0 Å². The van der Waals surface area contributed by atoms with Gasteiger partial charge in [-0.15, -0.1) is 0 Å². The molecule has 1 fully saturated rings. The molecule has 2 N–H and O–H groups in total. The maximum atomic E-state index is 5.44.